The molecule has 0 radical (unpaired) electrons. The summed E-state index contributed by atoms with van der Waals surface area (Å²) in [6, 6.07) is 0.517. The molecule has 1 fully saturated rings. The Morgan fingerprint density at radius 3 is 2.82 bits per heavy atom. The molecule has 0 aromatic carbocycles. The van der Waals surface area contributed by atoms with Gasteiger partial charge >= 0.3 is 0 Å². The van der Waals surface area contributed by atoms with Gasteiger partial charge in [-0.2, -0.15) is 0 Å². The fourth-order valence-corrected chi connectivity index (χ4v) is 2.27. The zero-order chi connectivity index (χ0) is 12.3. The number of aliphatic hydroxyl groups excluding tert-OH is 1. The maximum absolute atomic E-state index is 9.15. The monoisotopic (exact) mass is 255 g/mol. The van der Waals surface area contributed by atoms with E-state index in [2.05, 4.69) is 21.8 Å². The Hall–Kier alpha value is -0.870. The lowest BCUT2D eigenvalue weighted by atomic mass is 10.1. The molecule has 0 unspecified atom stereocenters. The standard InChI is InChI=1S/C12H18ClN3O/c1-2-3-10-11(13)14-8-15-12(10)16(6-7-17)9-4-5-9/h8-9,17H,2-7H2,1H3. The van der Waals surface area contributed by atoms with Crippen LogP contribution in [0.1, 0.15) is 31.7 Å². The van der Waals surface area contributed by atoms with Crippen molar-refractivity contribution in [1.29, 1.82) is 0 Å². The molecule has 0 atom stereocenters. The van der Waals surface area contributed by atoms with Crippen molar-refractivity contribution in [2.75, 3.05) is 18.1 Å². The van der Waals surface area contributed by atoms with E-state index in [0.29, 0.717) is 17.7 Å². The Labute approximate surface area is 107 Å². The summed E-state index contributed by atoms with van der Waals surface area (Å²) < 4.78 is 0. The van der Waals surface area contributed by atoms with E-state index < -0.39 is 0 Å². The average Bonchev–Trinajstić information content (AvgIpc) is 3.13. The van der Waals surface area contributed by atoms with Crippen LogP contribution in [0.25, 0.3) is 0 Å². The lowest BCUT2D eigenvalue weighted by Crippen LogP contribution is -2.31. The van der Waals surface area contributed by atoms with Crippen LogP contribution in [0.15, 0.2) is 6.33 Å². The maximum Gasteiger partial charge on any atom is 0.137 e. The molecule has 1 N–H and O–H groups in total. The van der Waals surface area contributed by atoms with E-state index in [1.807, 2.05) is 0 Å². The molecule has 0 saturated heterocycles. The summed E-state index contributed by atoms with van der Waals surface area (Å²) in [5, 5.41) is 9.69. The molecule has 17 heavy (non-hydrogen) atoms. The third-order valence-electron chi connectivity index (χ3n) is 2.97. The highest BCUT2D eigenvalue weighted by Gasteiger charge is 2.31. The van der Waals surface area contributed by atoms with E-state index in [1.165, 1.54) is 19.2 Å². The molecule has 1 aromatic rings. The first-order valence-electron chi connectivity index (χ1n) is 6.14. The van der Waals surface area contributed by atoms with Gasteiger partial charge in [0.2, 0.25) is 0 Å². The molecule has 0 bridgehead atoms. The van der Waals surface area contributed by atoms with E-state index in [-0.39, 0.29) is 6.61 Å². The Balaban J connectivity index is 2.30. The third kappa shape index (κ3) is 2.87. The molecule has 5 heteroatoms. The van der Waals surface area contributed by atoms with Gasteiger partial charge in [0.1, 0.15) is 17.3 Å². The van der Waals surface area contributed by atoms with Gasteiger partial charge in [0.05, 0.1) is 6.61 Å². The molecule has 0 spiro atoms. The lowest BCUT2D eigenvalue weighted by Gasteiger charge is -2.25. The first kappa shape index (κ1) is 12.6. The number of nitrogens with zero attached hydrogens (tertiary/aromatic N) is 3. The minimum Gasteiger partial charge on any atom is -0.395 e. The molecular formula is C12H18ClN3O. The van der Waals surface area contributed by atoms with E-state index in [4.69, 9.17) is 16.7 Å². The lowest BCUT2D eigenvalue weighted by molar-refractivity contribution is 0.301. The van der Waals surface area contributed by atoms with Crippen LogP contribution in [0, 0.1) is 0 Å². The smallest absolute Gasteiger partial charge is 0.137 e. The third-order valence-corrected chi connectivity index (χ3v) is 3.30. The van der Waals surface area contributed by atoms with Crippen LogP contribution in [0.3, 0.4) is 0 Å². The first-order valence-corrected chi connectivity index (χ1v) is 6.52. The second-order valence-electron chi connectivity index (χ2n) is 4.36. The molecule has 4 nitrogen and oxygen atoms in total. The summed E-state index contributed by atoms with van der Waals surface area (Å²) in [5.41, 5.74) is 1.01. The van der Waals surface area contributed by atoms with Crippen molar-refractivity contribution in [3.8, 4) is 0 Å². The number of hydrogen-bond donors (Lipinski definition) is 1. The fraction of sp³-hybridized carbons (Fsp3) is 0.667. The normalized spacial score (nSPS) is 15.0. The Morgan fingerprint density at radius 2 is 2.24 bits per heavy atom. The summed E-state index contributed by atoms with van der Waals surface area (Å²) in [7, 11) is 0. The van der Waals surface area contributed by atoms with Gasteiger partial charge in [0.25, 0.3) is 0 Å². The van der Waals surface area contributed by atoms with Crippen LogP contribution in [0.5, 0.6) is 0 Å². The molecular weight excluding hydrogens is 238 g/mol. The highest BCUT2D eigenvalue weighted by Crippen LogP contribution is 2.34. The van der Waals surface area contributed by atoms with E-state index in [1.54, 1.807) is 0 Å². The summed E-state index contributed by atoms with van der Waals surface area (Å²) in [4.78, 5) is 10.6. The van der Waals surface area contributed by atoms with Crippen LogP contribution in [0.4, 0.5) is 5.82 Å². The molecule has 1 heterocycles. The van der Waals surface area contributed by atoms with Gasteiger partial charge in [0, 0.05) is 18.2 Å². The average molecular weight is 256 g/mol. The van der Waals surface area contributed by atoms with Crippen LogP contribution in [-0.4, -0.2) is 34.3 Å². The predicted octanol–water partition coefficient (Wildman–Crippen LogP) is 2.04. The number of aliphatic hydroxyl groups is 1. The van der Waals surface area contributed by atoms with Crippen LogP contribution in [0.2, 0.25) is 5.15 Å². The summed E-state index contributed by atoms with van der Waals surface area (Å²) in [5.74, 6) is 0.906. The number of halogens is 1. The van der Waals surface area contributed by atoms with Crippen LogP contribution < -0.4 is 4.90 Å². The zero-order valence-electron chi connectivity index (χ0n) is 10.1. The highest BCUT2D eigenvalue weighted by molar-refractivity contribution is 6.30. The molecule has 1 aromatic heterocycles. The molecule has 0 amide bonds. The van der Waals surface area contributed by atoms with Gasteiger partial charge < -0.3 is 10.0 Å². The minimum absolute atomic E-state index is 0.143. The molecule has 1 aliphatic carbocycles. The summed E-state index contributed by atoms with van der Waals surface area (Å²) in [6.07, 6.45) is 5.74. The Morgan fingerprint density at radius 1 is 1.47 bits per heavy atom. The van der Waals surface area contributed by atoms with Crippen LogP contribution >= 0.6 is 11.6 Å². The second kappa shape index (κ2) is 5.65. The predicted molar refractivity (Wildman–Crippen MR) is 68.5 cm³/mol. The molecule has 94 valence electrons. The Bertz CT molecular complexity index is 382. The van der Waals surface area contributed by atoms with Gasteiger partial charge in [-0.25, -0.2) is 9.97 Å². The topological polar surface area (TPSA) is 49.2 Å². The molecule has 2 rings (SSSR count). The maximum atomic E-state index is 9.15. The fourth-order valence-electron chi connectivity index (χ4n) is 2.05. The molecule has 1 aliphatic rings. The molecule has 1 saturated carbocycles. The highest BCUT2D eigenvalue weighted by atomic mass is 35.5. The van der Waals surface area contributed by atoms with Crippen molar-refractivity contribution < 1.29 is 5.11 Å². The van der Waals surface area contributed by atoms with Gasteiger partial charge in [-0.05, 0) is 19.3 Å². The summed E-state index contributed by atoms with van der Waals surface area (Å²) in [6.45, 7) is 2.87. The van der Waals surface area contributed by atoms with Crippen molar-refractivity contribution in [2.45, 2.75) is 38.6 Å². The van der Waals surface area contributed by atoms with Gasteiger partial charge in [-0.3, -0.25) is 0 Å². The van der Waals surface area contributed by atoms with E-state index in [0.717, 1.165) is 24.2 Å². The quantitative estimate of drug-likeness (QED) is 0.791. The Kier molecular flexibility index (Phi) is 4.18. The van der Waals surface area contributed by atoms with Gasteiger partial charge in [-0.15, -0.1) is 0 Å². The van der Waals surface area contributed by atoms with Crippen molar-refractivity contribution in [2.24, 2.45) is 0 Å². The van der Waals surface area contributed by atoms with Gasteiger partial charge in [-0.1, -0.05) is 24.9 Å². The second-order valence-corrected chi connectivity index (χ2v) is 4.72. The zero-order valence-corrected chi connectivity index (χ0v) is 10.8. The summed E-state index contributed by atoms with van der Waals surface area (Å²) >= 11 is 6.14. The van der Waals surface area contributed by atoms with E-state index in [9.17, 15) is 0 Å². The van der Waals surface area contributed by atoms with Gasteiger partial charge in [0.15, 0.2) is 0 Å². The van der Waals surface area contributed by atoms with Crippen LogP contribution in [-0.2, 0) is 6.42 Å². The van der Waals surface area contributed by atoms with E-state index >= 15 is 0 Å². The number of anilines is 1. The SMILES string of the molecule is CCCc1c(Cl)ncnc1N(CCO)C1CC1. The number of aromatic nitrogens is 2. The number of hydrogen-bond acceptors (Lipinski definition) is 4. The minimum atomic E-state index is 0.143. The van der Waals surface area contributed by atoms with Crippen molar-refractivity contribution in [3.05, 3.63) is 17.0 Å². The van der Waals surface area contributed by atoms with Crippen molar-refractivity contribution in [1.82, 2.24) is 9.97 Å². The van der Waals surface area contributed by atoms with Crippen molar-refractivity contribution in [3.63, 3.8) is 0 Å². The van der Waals surface area contributed by atoms with Crippen molar-refractivity contribution >= 4 is 17.4 Å². The molecule has 0 aliphatic heterocycles. The number of rotatable bonds is 6. The first-order chi connectivity index (χ1) is 8.27. The largest absolute Gasteiger partial charge is 0.395 e.